The topological polar surface area (TPSA) is 46.5 Å². The smallest absolute Gasteiger partial charge is 0.302 e. The molecule has 184 valence electrons. The summed E-state index contributed by atoms with van der Waals surface area (Å²) in [6.07, 6.45) is 13.2. The summed E-state index contributed by atoms with van der Waals surface area (Å²) in [4.78, 5) is 11.7. The van der Waals surface area contributed by atoms with Crippen molar-refractivity contribution in [2.24, 2.45) is 52.3 Å². The average molecular weight is 447 g/mol. The molecule has 0 saturated heterocycles. The summed E-state index contributed by atoms with van der Waals surface area (Å²) in [6, 6.07) is 0. The lowest BCUT2D eigenvalue weighted by Gasteiger charge is -2.62. The Morgan fingerprint density at radius 2 is 1.69 bits per heavy atom. The molecule has 0 spiro atoms. The van der Waals surface area contributed by atoms with Crippen LogP contribution in [0.2, 0.25) is 0 Å². The maximum Gasteiger partial charge on any atom is 0.302 e. The second-order valence-corrected chi connectivity index (χ2v) is 13.2. The van der Waals surface area contributed by atoms with Crippen molar-refractivity contribution in [1.82, 2.24) is 0 Å². The van der Waals surface area contributed by atoms with Crippen LogP contribution in [-0.2, 0) is 9.53 Å². The van der Waals surface area contributed by atoms with E-state index < -0.39 is 6.10 Å². The number of rotatable bonds is 6. The highest BCUT2D eigenvalue weighted by Gasteiger charge is 2.63. The predicted octanol–water partition coefficient (Wildman–Crippen LogP) is 7.01. The average Bonchev–Trinajstić information content (AvgIpc) is 3.07. The minimum Gasteiger partial charge on any atom is -0.460 e. The Kier molecular flexibility index (Phi) is 7.08. The van der Waals surface area contributed by atoms with Gasteiger partial charge in [-0.2, -0.15) is 0 Å². The van der Waals surface area contributed by atoms with Crippen molar-refractivity contribution in [2.75, 3.05) is 0 Å². The molecule has 0 aromatic rings. The zero-order valence-corrected chi connectivity index (χ0v) is 21.7. The molecule has 4 rings (SSSR count). The van der Waals surface area contributed by atoms with Crippen LogP contribution in [0.25, 0.3) is 0 Å². The molecule has 4 aliphatic carbocycles. The highest BCUT2D eigenvalue weighted by Crippen LogP contribution is 2.68. The standard InChI is InChI=1S/C29H50O3/c1-18(2)8-7-9-19(3)23-13-14-24-22-12-10-21-11-15-26(32-20(4)30)27(31)29(21,6)25(22)16-17-28(23,24)5/h18-19,21-27,31H,7-17H2,1-6H3/t19-,21+,22-,23-,24+,25-,26-,27+,28+,29+/m1/s1. The third kappa shape index (κ3) is 4.07. The maximum absolute atomic E-state index is 11.7. The zero-order valence-electron chi connectivity index (χ0n) is 21.7. The summed E-state index contributed by atoms with van der Waals surface area (Å²) in [6.45, 7) is 13.7. The molecule has 0 radical (unpaired) electrons. The van der Waals surface area contributed by atoms with Crippen molar-refractivity contribution in [2.45, 2.75) is 124 Å². The van der Waals surface area contributed by atoms with E-state index in [1.54, 1.807) is 0 Å². The van der Waals surface area contributed by atoms with Crippen molar-refractivity contribution in [1.29, 1.82) is 0 Å². The van der Waals surface area contributed by atoms with Crippen LogP contribution in [0.5, 0.6) is 0 Å². The van der Waals surface area contributed by atoms with Crippen LogP contribution in [0.15, 0.2) is 0 Å². The van der Waals surface area contributed by atoms with E-state index in [1.807, 2.05) is 0 Å². The summed E-state index contributed by atoms with van der Waals surface area (Å²) >= 11 is 0. The molecule has 0 bridgehead atoms. The van der Waals surface area contributed by atoms with Gasteiger partial charge in [0.25, 0.3) is 0 Å². The highest BCUT2D eigenvalue weighted by molar-refractivity contribution is 5.66. The van der Waals surface area contributed by atoms with Gasteiger partial charge in [0.1, 0.15) is 6.10 Å². The zero-order chi connectivity index (χ0) is 23.3. The number of carbonyl (C=O) groups is 1. The Hall–Kier alpha value is -0.570. The Morgan fingerprint density at radius 3 is 2.38 bits per heavy atom. The molecule has 1 N–H and O–H groups in total. The third-order valence-electron chi connectivity index (χ3n) is 11.3. The van der Waals surface area contributed by atoms with Crippen LogP contribution in [0.1, 0.15) is 112 Å². The Morgan fingerprint density at radius 1 is 0.969 bits per heavy atom. The Bertz CT molecular complexity index is 673. The molecule has 0 aromatic carbocycles. The van der Waals surface area contributed by atoms with E-state index in [4.69, 9.17) is 4.74 Å². The number of hydrogen-bond donors (Lipinski definition) is 1. The van der Waals surface area contributed by atoms with Crippen LogP contribution in [0.3, 0.4) is 0 Å². The Balaban J connectivity index is 1.50. The SMILES string of the molecule is CC(=O)O[C@@H]1CC[C@@H]2CC[C@H]3[C@@H](CC[C@@]4(C)[C@@H]([C@H](C)CCCC(C)C)CC[C@@H]34)[C@@]2(C)[C@H]1O. The number of aliphatic hydroxyl groups is 1. The van der Waals surface area contributed by atoms with Gasteiger partial charge in [0.2, 0.25) is 0 Å². The third-order valence-corrected chi connectivity index (χ3v) is 11.3. The predicted molar refractivity (Wildman–Crippen MR) is 130 cm³/mol. The van der Waals surface area contributed by atoms with Crippen LogP contribution < -0.4 is 0 Å². The first-order chi connectivity index (χ1) is 15.1. The van der Waals surface area contributed by atoms with Crippen molar-refractivity contribution in [3.63, 3.8) is 0 Å². The molecule has 0 unspecified atom stereocenters. The molecule has 3 heteroatoms. The summed E-state index contributed by atoms with van der Waals surface area (Å²) in [5.41, 5.74) is 0.389. The molecule has 4 aliphatic rings. The molecule has 4 fully saturated rings. The number of aliphatic hydroxyl groups excluding tert-OH is 1. The van der Waals surface area contributed by atoms with Gasteiger partial charge in [-0.15, -0.1) is 0 Å². The van der Waals surface area contributed by atoms with Crippen LogP contribution in [-0.4, -0.2) is 23.3 Å². The lowest BCUT2D eigenvalue weighted by atomic mass is 9.43. The van der Waals surface area contributed by atoms with E-state index in [2.05, 4.69) is 34.6 Å². The normalized spacial score (nSPS) is 46.8. The molecule has 0 aliphatic heterocycles. The number of carbonyl (C=O) groups excluding carboxylic acids is 1. The summed E-state index contributed by atoms with van der Waals surface area (Å²) in [7, 11) is 0. The van der Waals surface area contributed by atoms with Gasteiger partial charge < -0.3 is 9.84 Å². The summed E-state index contributed by atoms with van der Waals surface area (Å²) in [5, 5.41) is 11.5. The molecule has 0 aromatic heterocycles. The first-order valence-corrected chi connectivity index (χ1v) is 13.9. The quantitative estimate of drug-likeness (QED) is 0.446. The van der Waals surface area contributed by atoms with Gasteiger partial charge >= 0.3 is 5.97 Å². The van der Waals surface area contributed by atoms with E-state index in [0.717, 1.165) is 42.4 Å². The van der Waals surface area contributed by atoms with Gasteiger partial charge in [0.15, 0.2) is 0 Å². The monoisotopic (exact) mass is 446 g/mol. The number of esters is 1. The van der Waals surface area contributed by atoms with Crippen molar-refractivity contribution < 1.29 is 14.6 Å². The van der Waals surface area contributed by atoms with Gasteiger partial charge in [0, 0.05) is 12.3 Å². The second kappa shape index (κ2) is 9.23. The minimum absolute atomic E-state index is 0.0937. The molecule has 0 amide bonds. The minimum atomic E-state index is -0.505. The molecular weight excluding hydrogens is 396 g/mol. The molecule has 3 nitrogen and oxygen atoms in total. The number of hydrogen-bond acceptors (Lipinski definition) is 3. The van der Waals surface area contributed by atoms with E-state index in [-0.39, 0.29) is 17.5 Å². The van der Waals surface area contributed by atoms with Gasteiger partial charge in [-0.3, -0.25) is 4.79 Å². The first kappa shape index (κ1) is 24.6. The molecule has 0 heterocycles. The highest BCUT2D eigenvalue weighted by atomic mass is 16.6. The largest absolute Gasteiger partial charge is 0.460 e. The molecular formula is C29H50O3. The van der Waals surface area contributed by atoms with Crippen LogP contribution >= 0.6 is 0 Å². The molecule has 4 saturated carbocycles. The molecule has 10 atom stereocenters. The Labute approximate surface area is 197 Å². The molecule has 32 heavy (non-hydrogen) atoms. The lowest BCUT2D eigenvalue weighted by Crippen LogP contribution is -2.61. The van der Waals surface area contributed by atoms with Crippen molar-refractivity contribution >= 4 is 5.97 Å². The number of ether oxygens (including phenoxy) is 1. The summed E-state index contributed by atoms with van der Waals surface area (Å²) < 4.78 is 5.62. The van der Waals surface area contributed by atoms with Gasteiger partial charge in [0.05, 0.1) is 6.10 Å². The van der Waals surface area contributed by atoms with Crippen LogP contribution in [0, 0.1) is 52.3 Å². The van der Waals surface area contributed by atoms with Crippen molar-refractivity contribution in [3.05, 3.63) is 0 Å². The van der Waals surface area contributed by atoms with Gasteiger partial charge in [-0.25, -0.2) is 0 Å². The maximum atomic E-state index is 11.7. The van der Waals surface area contributed by atoms with E-state index in [1.165, 1.54) is 64.7 Å². The fraction of sp³-hybridized carbons (Fsp3) is 0.966. The van der Waals surface area contributed by atoms with Gasteiger partial charge in [-0.05, 0) is 98.2 Å². The van der Waals surface area contributed by atoms with E-state index >= 15 is 0 Å². The lowest BCUT2D eigenvalue weighted by molar-refractivity contribution is -0.207. The fourth-order valence-electron chi connectivity index (χ4n) is 9.67. The number of fused-ring (bicyclic) bond motifs is 5. The van der Waals surface area contributed by atoms with Crippen molar-refractivity contribution in [3.8, 4) is 0 Å². The second-order valence-electron chi connectivity index (χ2n) is 13.2. The fourth-order valence-corrected chi connectivity index (χ4v) is 9.67. The van der Waals surface area contributed by atoms with E-state index in [9.17, 15) is 9.90 Å². The first-order valence-electron chi connectivity index (χ1n) is 13.9. The summed E-state index contributed by atoms with van der Waals surface area (Å²) in [5.74, 6) is 5.01. The van der Waals surface area contributed by atoms with E-state index in [0.29, 0.717) is 17.3 Å². The van der Waals surface area contributed by atoms with Crippen LogP contribution in [0.4, 0.5) is 0 Å². The van der Waals surface area contributed by atoms with Gasteiger partial charge in [-0.1, -0.05) is 53.9 Å².